The zero-order valence-corrected chi connectivity index (χ0v) is 20.0. The number of nitrogens with zero attached hydrogens (tertiary/aromatic N) is 1. The summed E-state index contributed by atoms with van der Waals surface area (Å²) in [6, 6.07) is 9.87. The number of hydrogen-bond donors (Lipinski definition) is 3. The summed E-state index contributed by atoms with van der Waals surface area (Å²) >= 11 is 5.17. The topological polar surface area (TPSA) is 117 Å². The van der Waals surface area contributed by atoms with E-state index in [4.69, 9.17) is 17.0 Å². The van der Waals surface area contributed by atoms with Crippen molar-refractivity contribution in [2.45, 2.75) is 28.8 Å². The second-order valence-electron chi connectivity index (χ2n) is 7.57. The average molecular weight is 534 g/mol. The SMILES string of the molecule is CNC(=S)N1CCC(C(=O)NO)(S(=O)(=O)c2ccc(Oc3ccc(OC(F)(F)F)cc3)cc2)CC1. The zero-order valence-electron chi connectivity index (χ0n) is 18.3. The van der Waals surface area contributed by atoms with E-state index in [2.05, 4.69) is 10.1 Å². The number of carbonyl (C=O) groups excluding carboxylic acids is 1. The molecule has 0 atom stereocenters. The molecule has 3 rings (SSSR count). The van der Waals surface area contributed by atoms with Crippen molar-refractivity contribution < 1.29 is 41.1 Å². The van der Waals surface area contributed by atoms with E-state index in [1.54, 1.807) is 11.9 Å². The van der Waals surface area contributed by atoms with Crippen LogP contribution in [0.3, 0.4) is 0 Å². The standard InChI is InChI=1S/C21H22F3N3O6S2/c1-25-19(34)27-12-10-20(11-13-27,18(28)26-29)35(30,31)17-8-6-15(7-9-17)32-14-2-4-16(5-3-14)33-21(22,23)24/h2-9,29H,10-13H2,1H3,(H,25,34)(H,26,28). The summed E-state index contributed by atoms with van der Waals surface area (Å²) in [6.07, 6.45) is -5.02. The van der Waals surface area contributed by atoms with Gasteiger partial charge in [0.15, 0.2) is 19.7 Å². The van der Waals surface area contributed by atoms with Crippen molar-refractivity contribution in [1.82, 2.24) is 15.7 Å². The van der Waals surface area contributed by atoms with Crippen molar-refractivity contribution in [3.8, 4) is 17.2 Å². The van der Waals surface area contributed by atoms with Gasteiger partial charge in [-0.3, -0.25) is 10.0 Å². The highest BCUT2D eigenvalue weighted by molar-refractivity contribution is 7.93. The van der Waals surface area contributed by atoms with Crippen LogP contribution in [0.2, 0.25) is 0 Å². The number of thiocarbonyl (C=S) groups is 1. The Balaban J connectivity index is 1.78. The lowest BCUT2D eigenvalue weighted by molar-refractivity contribution is -0.274. The zero-order chi connectivity index (χ0) is 25.9. The number of ether oxygens (including phenoxy) is 2. The van der Waals surface area contributed by atoms with E-state index in [0.717, 1.165) is 12.1 Å². The number of halogens is 3. The summed E-state index contributed by atoms with van der Waals surface area (Å²) in [7, 11) is -2.61. The molecule has 1 amide bonds. The predicted molar refractivity (Wildman–Crippen MR) is 122 cm³/mol. The summed E-state index contributed by atoms with van der Waals surface area (Å²) in [5.74, 6) is -1.04. The van der Waals surface area contributed by atoms with Gasteiger partial charge in [-0.1, -0.05) is 0 Å². The van der Waals surface area contributed by atoms with Crippen LogP contribution in [0.15, 0.2) is 53.4 Å². The van der Waals surface area contributed by atoms with Crippen molar-refractivity contribution in [3.05, 3.63) is 48.5 Å². The predicted octanol–water partition coefficient (Wildman–Crippen LogP) is 3.00. The monoisotopic (exact) mass is 533 g/mol. The molecule has 0 bridgehead atoms. The highest BCUT2D eigenvalue weighted by Crippen LogP contribution is 2.37. The molecule has 1 aliphatic rings. The average Bonchev–Trinajstić information content (AvgIpc) is 2.83. The lowest BCUT2D eigenvalue weighted by atomic mass is 9.95. The van der Waals surface area contributed by atoms with Crippen molar-refractivity contribution in [2.24, 2.45) is 0 Å². The van der Waals surface area contributed by atoms with E-state index in [-0.39, 0.29) is 42.3 Å². The second-order valence-corrected chi connectivity index (χ2v) is 10.2. The third-order valence-electron chi connectivity index (χ3n) is 5.53. The van der Waals surface area contributed by atoms with E-state index in [9.17, 15) is 31.6 Å². The summed E-state index contributed by atoms with van der Waals surface area (Å²) in [5.41, 5.74) is 1.48. The summed E-state index contributed by atoms with van der Waals surface area (Å²) in [5, 5.41) is 12.5. The Morgan fingerprint density at radius 1 is 1.03 bits per heavy atom. The Kier molecular flexibility index (Phi) is 7.77. The third-order valence-corrected chi connectivity index (χ3v) is 8.51. The van der Waals surface area contributed by atoms with Gasteiger partial charge in [0, 0.05) is 20.1 Å². The number of likely N-dealkylation sites (tertiary alicyclic amines) is 1. The molecule has 0 radical (unpaired) electrons. The van der Waals surface area contributed by atoms with Gasteiger partial charge in [-0.05, 0) is 73.6 Å². The molecule has 0 spiro atoms. The third kappa shape index (κ3) is 5.77. The highest BCUT2D eigenvalue weighted by Gasteiger charge is 2.53. The first kappa shape index (κ1) is 26.5. The molecule has 1 saturated heterocycles. The smallest absolute Gasteiger partial charge is 0.457 e. The molecular formula is C21H22F3N3O6S2. The molecule has 190 valence electrons. The second kappa shape index (κ2) is 10.3. The maximum Gasteiger partial charge on any atom is 0.573 e. The molecule has 0 unspecified atom stereocenters. The molecule has 35 heavy (non-hydrogen) atoms. The van der Waals surface area contributed by atoms with Crippen LogP contribution in [0.1, 0.15) is 12.8 Å². The minimum atomic E-state index is -4.82. The molecule has 2 aromatic carbocycles. The van der Waals surface area contributed by atoms with Gasteiger partial charge in [-0.2, -0.15) is 0 Å². The van der Waals surface area contributed by atoms with Gasteiger partial charge >= 0.3 is 6.36 Å². The summed E-state index contributed by atoms with van der Waals surface area (Å²) in [6.45, 7) is 0.364. The van der Waals surface area contributed by atoms with Gasteiger partial charge in [0.05, 0.1) is 4.90 Å². The fourth-order valence-corrected chi connectivity index (χ4v) is 5.84. The van der Waals surface area contributed by atoms with Gasteiger partial charge in [-0.15, -0.1) is 13.2 Å². The number of piperidine rings is 1. The Labute approximate surface area is 204 Å². The van der Waals surface area contributed by atoms with Gasteiger partial charge < -0.3 is 19.7 Å². The van der Waals surface area contributed by atoms with E-state index >= 15 is 0 Å². The van der Waals surface area contributed by atoms with Crippen LogP contribution in [-0.2, 0) is 14.6 Å². The van der Waals surface area contributed by atoms with Crippen LogP contribution in [0.4, 0.5) is 13.2 Å². The molecule has 1 heterocycles. The first-order valence-electron chi connectivity index (χ1n) is 10.2. The number of sulfone groups is 1. The fourth-order valence-electron chi connectivity index (χ4n) is 3.71. The minimum Gasteiger partial charge on any atom is -0.457 e. The van der Waals surface area contributed by atoms with E-state index in [1.165, 1.54) is 41.9 Å². The maximum absolute atomic E-state index is 13.5. The van der Waals surface area contributed by atoms with Crippen molar-refractivity contribution in [3.63, 3.8) is 0 Å². The van der Waals surface area contributed by atoms with Crippen molar-refractivity contribution in [1.29, 1.82) is 0 Å². The number of amides is 1. The molecule has 14 heteroatoms. The molecule has 1 fully saturated rings. The number of rotatable bonds is 6. The lowest BCUT2D eigenvalue weighted by Gasteiger charge is -2.40. The normalized spacial score (nSPS) is 15.7. The Hall–Kier alpha value is -3.10. The van der Waals surface area contributed by atoms with Gasteiger partial charge in [-0.25, -0.2) is 13.9 Å². The largest absolute Gasteiger partial charge is 0.573 e. The molecule has 2 aromatic rings. The van der Waals surface area contributed by atoms with Crippen LogP contribution in [0, 0.1) is 0 Å². The Morgan fingerprint density at radius 2 is 1.51 bits per heavy atom. The van der Waals surface area contributed by atoms with Crippen LogP contribution in [0.25, 0.3) is 0 Å². The van der Waals surface area contributed by atoms with Crippen LogP contribution < -0.4 is 20.3 Å². The Morgan fingerprint density at radius 3 is 1.97 bits per heavy atom. The molecule has 0 aliphatic carbocycles. The molecular weight excluding hydrogens is 511 g/mol. The minimum absolute atomic E-state index is 0.103. The molecule has 9 nitrogen and oxygen atoms in total. The fraction of sp³-hybridized carbons (Fsp3) is 0.333. The molecule has 1 aliphatic heterocycles. The number of benzene rings is 2. The van der Waals surface area contributed by atoms with Gasteiger partial charge in [0.25, 0.3) is 5.91 Å². The number of nitrogens with one attached hydrogen (secondary N) is 2. The number of alkyl halides is 3. The summed E-state index contributed by atoms with van der Waals surface area (Å²) in [4.78, 5) is 14.1. The van der Waals surface area contributed by atoms with E-state index in [1.807, 2.05) is 0 Å². The van der Waals surface area contributed by atoms with Crippen molar-refractivity contribution >= 4 is 33.1 Å². The van der Waals surface area contributed by atoms with Crippen LogP contribution in [0.5, 0.6) is 17.2 Å². The molecule has 0 saturated carbocycles. The number of hydrogen-bond acceptors (Lipinski definition) is 7. The summed E-state index contributed by atoms with van der Waals surface area (Å²) < 4.78 is 71.2. The van der Waals surface area contributed by atoms with Gasteiger partial charge in [0.1, 0.15) is 17.2 Å². The van der Waals surface area contributed by atoms with Crippen LogP contribution in [-0.4, -0.2) is 60.8 Å². The molecule has 3 N–H and O–H groups in total. The lowest BCUT2D eigenvalue weighted by Crippen LogP contribution is -2.59. The van der Waals surface area contributed by atoms with E-state index in [0.29, 0.717) is 5.11 Å². The number of carbonyl (C=O) groups is 1. The molecule has 0 aromatic heterocycles. The van der Waals surface area contributed by atoms with Crippen molar-refractivity contribution in [2.75, 3.05) is 20.1 Å². The highest BCUT2D eigenvalue weighted by atomic mass is 32.2. The Bertz CT molecular complexity index is 1160. The maximum atomic E-state index is 13.5. The quantitative estimate of drug-likeness (QED) is 0.293. The first-order valence-corrected chi connectivity index (χ1v) is 12.1. The number of hydroxylamine groups is 1. The van der Waals surface area contributed by atoms with E-state index < -0.39 is 32.6 Å². The first-order chi connectivity index (χ1) is 16.4. The van der Waals surface area contributed by atoms with Crippen LogP contribution >= 0.6 is 12.2 Å². The van der Waals surface area contributed by atoms with Gasteiger partial charge in [0.2, 0.25) is 0 Å².